The van der Waals surface area contributed by atoms with Crippen molar-refractivity contribution in [1.29, 1.82) is 0 Å². The molecule has 1 aromatic rings. The maximum absolute atomic E-state index is 10.2. The number of rotatable bonds is 8. The fraction of sp³-hybridized carbons (Fsp3) is 0.529. The van der Waals surface area contributed by atoms with Crippen LogP contribution in [0.25, 0.3) is 0 Å². The van der Waals surface area contributed by atoms with Gasteiger partial charge in [0.15, 0.2) is 0 Å². The van der Waals surface area contributed by atoms with Gasteiger partial charge in [-0.15, -0.1) is 6.58 Å². The number of unbranched alkanes of at least 4 members (excludes halogenated alkanes) is 3. The Balaban J connectivity index is 1.66. The van der Waals surface area contributed by atoms with E-state index in [9.17, 15) is 5.11 Å². The minimum Gasteiger partial charge on any atom is -0.393 e. The van der Waals surface area contributed by atoms with E-state index in [1.165, 1.54) is 18.4 Å². The molecule has 1 N–H and O–H groups in total. The Morgan fingerprint density at radius 2 is 2.00 bits per heavy atom. The number of aliphatic hydroxyl groups is 1. The first-order valence-electron chi connectivity index (χ1n) is 7.17. The van der Waals surface area contributed by atoms with E-state index < -0.39 is 0 Å². The predicted molar refractivity (Wildman–Crippen MR) is 76.6 cm³/mol. The van der Waals surface area contributed by atoms with Gasteiger partial charge in [0.25, 0.3) is 0 Å². The van der Waals surface area contributed by atoms with E-state index >= 15 is 0 Å². The molecule has 1 fully saturated rings. The van der Waals surface area contributed by atoms with Gasteiger partial charge in [-0.1, -0.05) is 49.2 Å². The van der Waals surface area contributed by atoms with Crippen LogP contribution in [0.15, 0.2) is 43.0 Å². The van der Waals surface area contributed by atoms with Gasteiger partial charge < -0.3 is 5.11 Å². The van der Waals surface area contributed by atoms with Crippen LogP contribution in [0.4, 0.5) is 0 Å². The Morgan fingerprint density at radius 3 is 2.72 bits per heavy atom. The molecule has 1 heteroatoms. The Kier molecular flexibility index (Phi) is 5.00. The predicted octanol–water partition coefficient (Wildman–Crippen LogP) is 4.29. The largest absolute Gasteiger partial charge is 0.393 e. The fourth-order valence-electron chi connectivity index (χ4n) is 2.76. The number of aliphatic hydroxyl groups excluding tert-OH is 1. The molecule has 2 rings (SSSR count). The van der Waals surface area contributed by atoms with E-state index in [2.05, 4.69) is 36.9 Å². The minimum absolute atomic E-state index is 0.0982. The van der Waals surface area contributed by atoms with Gasteiger partial charge in [0, 0.05) is 0 Å². The molecule has 0 radical (unpaired) electrons. The van der Waals surface area contributed by atoms with E-state index in [1.54, 1.807) is 0 Å². The summed E-state index contributed by atoms with van der Waals surface area (Å²) in [5, 5.41) is 10.2. The van der Waals surface area contributed by atoms with Gasteiger partial charge in [0.2, 0.25) is 0 Å². The molecule has 0 spiro atoms. The first-order chi connectivity index (χ1) is 8.83. The molecular formula is C17H24O. The molecule has 1 aliphatic rings. The second-order valence-electron chi connectivity index (χ2n) is 5.41. The van der Waals surface area contributed by atoms with Crippen molar-refractivity contribution in [2.75, 3.05) is 0 Å². The highest BCUT2D eigenvalue weighted by atomic mass is 16.3. The maximum Gasteiger partial charge on any atom is 0.0574 e. The molecule has 1 saturated carbocycles. The molecule has 0 heterocycles. The maximum atomic E-state index is 10.2. The Hall–Kier alpha value is -1.08. The molecule has 98 valence electrons. The van der Waals surface area contributed by atoms with Gasteiger partial charge in [0.05, 0.1) is 6.10 Å². The van der Waals surface area contributed by atoms with E-state index in [0.29, 0.717) is 11.8 Å². The van der Waals surface area contributed by atoms with E-state index in [0.717, 1.165) is 25.7 Å². The highest BCUT2D eigenvalue weighted by Gasteiger charge is 2.42. The van der Waals surface area contributed by atoms with Crippen LogP contribution >= 0.6 is 0 Å². The second kappa shape index (κ2) is 6.75. The molecule has 1 nitrogen and oxygen atoms in total. The van der Waals surface area contributed by atoms with Crippen molar-refractivity contribution < 1.29 is 5.11 Å². The molecule has 0 amide bonds. The first-order valence-corrected chi connectivity index (χ1v) is 7.17. The van der Waals surface area contributed by atoms with Crippen molar-refractivity contribution in [2.45, 2.75) is 50.5 Å². The van der Waals surface area contributed by atoms with Crippen LogP contribution in [-0.4, -0.2) is 11.2 Å². The van der Waals surface area contributed by atoms with Gasteiger partial charge in [-0.3, -0.25) is 0 Å². The van der Waals surface area contributed by atoms with Gasteiger partial charge in [-0.05, 0) is 43.1 Å². The molecule has 3 atom stereocenters. The zero-order valence-corrected chi connectivity index (χ0v) is 11.1. The molecule has 3 unspecified atom stereocenters. The molecule has 1 aromatic carbocycles. The van der Waals surface area contributed by atoms with Crippen molar-refractivity contribution in [3.63, 3.8) is 0 Å². The van der Waals surface area contributed by atoms with Crippen molar-refractivity contribution in [1.82, 2.24) is 0 Å². The van der Waals surface area contributed by atoms with Crippen molar-refractivity contribution in [3.8, 4) is 0 Å². The monoisotopic (exact) mass is 244 g/mol. The van der Waals surface area contributed by atoms with Crippen LogP contribution in [0.3, 0.4) is 0 Å². The molecule has 1 aliphatic carbocycles. The highest BCUT2D eigenvalue weighted by molar-refractivity contribution is 5.26. The SMILES string of the molecule is C=CCCCCCC(O)C1CC1c1ccccc1. The molecule has 0 saturated heterocycles. The summed E-state index contributed by atoms with van der Waals surface area (Å²) in [7, 11) is 0. The third-order valence-electron chi connectivity index (χ3n) is 3.97. The lowest BCUT2D eigenvalue weighted by atomic mass is 10.0. The number of hydrogen-bond donors (Lipinski definition) is 1. The summed E-state index contributed by atoms with van der Waals surface area (Å²) in [4.78, 5) is 0. The summed E-state index contributed by atoms with van der Waals surface area (Å²) < 4.78 is 0. The summed E-state index contributed by atoms with van der Waals surface area (Å²) in [6.07, 6.45) is 8.68. The lowest BCUT2D eigenvalue weighted by Gasteiger charge is -2.10. The average molecular weight is 244 g/mol. The quantitative estimate of drug-likeness (QED) is 0.534. The molecular weight excluding hydrogens is 220 g/mol. The van der Waals surface area contributed by atoms with Crippen LogP contribution in [0.1, 0.15) is 50.0 Å². The van der Waals surface area contributed by atoms with Gasteiger partial charge in [-0.2, -0.15) is 0 Å². The number of hydrogen-bond acceptors (Lipinski definition) is 1. The van der Waals surface area contributed by atoms with Crippen LogP contribution < -0.4 is 0 Å². The van der Waals surface area contributed by atoms with Gasteiger partial charge >= 0.3 is 0 Å². The van der Waals surface area contributed by atoms with Gasteiger partial charge in [0.1, 0.15) is 0 Å². The highest BCUT2D eigenvalue weighted by Crippen LogP contribution is 2.50. The molecule has 0 bridgehead atoms. The normalized spacial score (nSPS) is 23.6. The zero-order chi connectivity index (χ0) is 12.8. The van der Waals surface area contributed by atoms with Crippen LogP contribution in [-0.2, 0) is 0 Å². The third-order valence-corrected chi connectivity index (χ3v) is 3.97. The summed E-state index contributed by atoms with van der Waals surface area (Å²) >= 11 is 0. The van der Waals surface area contributed by atoms with Crippen LogP contribution in [0.5, 0.6) is 0 Å². The zero-order valence-electron chi connectivity index (χ0n) is 11.1. The summed E-state index contributed by atoms with van der Waals surface area (Å²) in [5.74, 6) is 1.11. The first kappa shape index (κ1) is 13.4. The fourth-order valence-corrected chi connectivity index (χ4v) is 2.76. The van der Waals surface area contributed by atoms with Crippen LogP contribution in [0, 0.1) is 5.92 Å². The molecule has 0 aliphatic heterocycles. The second-order valence-corrected chi connectivity index (χ2v) is 5.41. The van der Waals surface area contributed by atoms with E-state index in [1.807, 2.05) is 6.08 Å². The van der Waals surface area contributed by atoms with E-state index in [-0.39, 0.29) is 6.10 Å². The summed E-state index contributed by atoms with van der Waals surface area (Å²) in [6.45, 7) is 3.73. The van der Waals surface area contributed by atoms with E-state index in [4.69, 9.17) is 0 Å². The Labute approximate surface area is 111 Å². The Bertz CT molecular complexity index is 357. The minimum atomic E-state index is -0.0982. The average Bonchev–Trinajstić information content (AvgIpc) is 3.20. The summed E-state index contributed by atoms with van der Waals surface area (Å²) in [6, 6.07) is 10.6. The van der Waals surface area contributed by atoms with Gasteiger partial charge in [-0.25, -0.2) is 0 Å². The number of allylic oxidation sites excluding steroid dienone is 1. The third kappa shape index (κ3) is 3.71. The smallest absolute Gasteiger partial charge is 0.0574 e. The standard InChI is InChI=1S/C17H24O/c1-2-3-4-5-9-12-17(18)16-13-15(16)14-10-7-6-8-11-14/h2,6-8,10-11,15-18H,1,3-5,9,12-13H2. The van der Waals surface area contributed by atoms with Crippen LogP contribution in [0.2, 0.25) is 0 Å². The van der Waals surface area contributed by atoms with Crippen molar-refractivity contribution in [2.24, 2.45) is 5.92 Å². The lowest BCUT2D eigenvalue weighted by molar-refractivity contribution is 0.135. The topological polar surface area (TPSA) is 20.2 Å². The Morgan fingerprint density at radius 1 is 1.22 bits per heavy atom. The van der Waals surface area contributed by atoms with Crippen molar-refractivity contribution in [3.05, 3.63) is 48.6 Å². The van der Waals surface area contributed by atoms with Crippen molar-refractivity contribution >= 4 is 0 Å². The molecule has 0 aromatic heterocycles. The number of benzene rings is 1. The molecule has 18 heavy (non-hydrogen) atoms. The lowest BCUT2D eigenvalue weighted by Crippen LogP contribution is -2.10. The summed E-state index contributed by atoms with van der Waals surface area (Å²) in [5.41, 5.74) is 1.40.